The quantitative estimate of drug-likeness (QED) is 0.517. The Morgan fingerprint density at radius 2 is 1.74 bits per heavy atom. The summed E-state index contributed by atoms with van der Waals surface area (Å²) < 4.78 is 1.79. The first kappa shape index (κ1) is 23.7. The van der Waals surface area contributed by atoms with Gasteiger partial charge in [0.2, 0.25) is 0 Å². The molecule has 0 atom stereocenters. The van der Waals surface area contributed by atoms with E-state index < -0.39 is 0 Å². The number of halogens is 1. The van der Waals surface area contributed by atoms with E-state index in [9.17, 15) is 9.59 Å². The molecule has 0 radical (unpaired) electrons. The van der Waals surface area contributed by atoms with Crippen molar-refractivity contribution in [1.82, 2.24) is 19.4 Å². The van der Waals surface area contributed by atoms with Crippen LogP contribution >= 0.6 is 11.6 Å². The molecule has 5 rings (SSSR count). The maximum absolute atomic E-state index is 13.2. The molecule has 7 nitrogen and oxygen atoms in total. The Bertz CT molecular complexity index is 1240. The highest BCUT2D eigenvalue weighted by atomic mass is 35.5. The number of carbonyl (C=O) groups is 2. The van der Waals surface area contributed by atoms with Crippen LogP contribution in [0.15, 0.2) is 42.7 Å². The molecule has 2 aromatic heterocycles. The predicted molar refractivity (Wildman–Crippen MR) is 138 cm³/mol. The average molecular weight is 494 g/mol. The van der Waals surface area contributed by atoms with E-state index in [1.165, 1.54) is 5.56 Å². The van der Waals surface area contributed by atoms with Crippen molar-refractivity contribution in [2.24, 2.45) is 5.92 Å². The van der Waals surface area contributed by atoms with Gasteiger partial charge in [0.05, 0.1) is 17.3 Å². The maximum atomic E-state index is 13.2. The van der Waals surface area contributed by atoms with Crippen LogP contribution in [0.2, 0.25) is 5.02 Å². The number of rotatable bonds is 3. The number of nitrogens with one attached hydrogen (secondary N) is 1. The van der Waals surface area contributed by atoms with Gasteiger partial charge in [0.25, 0.3) is 5.91 Å². The molecule has 2 fully saturated rings. The molecule has 0 bridgehead atoms. The minimum atomic E-state index is -0.0937. The van der Waals surface area contributed by atoms with Gasteiger partial charge in [0.1, 0.15) is 0 Å². The Balaban J connectivity index is 1.25. The number of likely N-dealkylation sites (tertiary alicyclic amines) is 2. The van der Waals surface area contributed by atoms with Crippen molar-refractivity contribution in [2.45, 2.75) is 45.4 Å². The van der Waals surface area contributed by atoms with Crippen LogP contribution < -0.4 is 5.32 Å². The molecule has 4 heterocycles. The molecule has 0 unspecified atom stereocenters. The van der Waals surface area contributed by atoms with Crippen molar-refractivity contribution in [3.05, 3.63) is 64.4 Å². The summed E-state index contributed by atoms with van der Waals surface area (Å²) in [6, 6.07) is 9.64. The SMILES string of the molecule is Cc1c(Cl)cccc1NC(=O)N1CCC(c2ccn3ncc(C(=O)N4CCC(C)CC4)c3c2)CC1. The standard InChI is InChI=1S/C27H32ClN5O2/c1-18-6-11-31(12-7-18)26(34)22-17-29-33-15-10-21(16-25(22)33)20-8-13-32(14-9-20)27(35)30-24-5-3-4-23(28)19(24)2/h3-5,10,15-18,20H,6-9,11-14H2,1-2H3,(H,30,35). The molecule has 3 amide bonds. The highest BCUT2D eigenvalue weighted by molar-refractivity contribution is 6.31. The van der Waals surface area contributed by atoms with E-state index in [4.69, 9.17) is 11.6 Å². The summed E-state index contributed by atoms with van der Waals surface area (Å²) in [7, 11) is 0. The van der Waals surface area contributed by atoms with Gasteiger partial charge in [-0.05, 0) is 79.8 Å². The fraction of sp³-hybridized carbons (Fsp3) is 0.444. The smallest absolute Gasteiger partial charge is 0.321 e. The Labute approximate surface area is 211 Å². The number of piperidine rings is 2. The van der Waals surface area contributed by atoms with Gasteiger partial charge in [0.15, 0.2) is 0 Å². The fourth-order valence-corrected chi connectivity index (χ4v) is 5.33. The third-order valence-electron chi connectivity index (χ3n) is 7.61. The van der Waals surface area contributed by atoms with Gasteiger partial charge >= 0.3 is 6.03 Å². The Morgan fingerprint density at radius 3 is 2.49 bits per heavy atom. The van der Waals surface area contributed by atoms with E-state index >= 15 is 0 Å². The van der Waals surface area contributed by atoms with Gasteiger partial charge in [-0.3, -0.25) is 4.79 Å². The lowest BCUT2D eigenvalue weighted by Gasteiger charge is -2.32. The summed E-state index contributed by atoms with van der Waals surface area (Å²) in [5.41, 5.74) is 4.36. The summed E-state index contributed by atoms with van der Waals surface area (Å²) in [6.45, 7) is 7.13. The number of nitrogens with zero attached hydrogens (tertiary/aromatic N) is 4. The van der Waals surface area contributed by atoms with Crippen molar-refractivity contribution in [1.29, 1.82) is 0 Å². The van der Waals surface area contributed by atoms with Gasteiger partial charge < -0.3 is 15.1 Å². The molecule has 2 aliphatic heterocycles. The summed E-state index contributed by atoms with van der Waals surface area (Å²) >= 11 is 6.19. The molecule has 1 aromatic carbocycles. The third-order valence-corrected chi connectivity index (χ3v) is 8.02. The van der Waals surface area contributed by atoms with E-state index in [0.717, 1.165) is 55.5 Å². The van der Waals surface area contributed by atoms with Gasteiger partial charge in [-0.1, -0.05) is 24.6 Å². The molecule has 35 heavy (non-hydrogen) atoms. The Hall–Kier alpha value is -3.06. The number of hydrogen-bond acceptors (Lipinski definition) is 3. The van der Waals surface area contributed by atoms with Crippen LogP contribution in [0.3, 0.4) is 0 Å². The summed E-state index contributed by atoms with van der Waals surface area (Å²) in [4.78, 5) is 29.8. The average Bonchev–Trinajstić information content (AvgIpc) is 3.30. The molecule has 8 heteroatoms. The highest BCUT2D eigenvalue weighted by Crippen LogP contribution is 2.31. The maximum Gasteiger partial charge on any atom is 0.321 e. The lowest BCUT2D eigenvalue weighted by molar-refractivity contribution is 0.0699. The first-order valence-corrected chi connectivity index (χ1v) is 12.9. The van der Waals surface area contributed by atoms with Crippen molar-refractivity contribution in [2.75, 3.05) is 31.5 Å². The topological polar surface area (TPSA) is 70.0 Å². The number of hydrogen-bond donors (Lipinski definition) is 1. The Morgan fingerprint density at radius 1 is 1.03 bits per heavy atom. The zero-order valence-corrected chi connectivity index (χ0v) is 21.1. The van der Waals surface area contributed by atoms with Crippen molar-refractivity contribution in [3.8, 4) is 0 Å². The number of anilines is 1. The molecule has 1 N–H and O–H groups in total. The first-order chi connectivity index (χ1) is 16.9. The number of benzene rings is 1. The van der Waals surface area contributed by atoms with Gasteiger partial charge in [0, 0.05) is 43.1 Å². The van der Waals surface area contributed by atoms with Gasteiger partial charge in [-0.15, -0.1) is 0 Å². The number of amides is 3. The lowest BCUT2D eigenvalue weighted by Crippen LogP contribution is -2.40. The number of pyridine rings is 1. The molecular formula is C27H32ClN5O2. The lowest BCUT2D eigenvalue weighted by atomic mass is 9.89. The fourth-order valence-electron chi connectivity index (χ4n) is 5.15. The molecule has 0 saturated carbocycles. The zero-order valence-electron chi connectivity index (χ0n) is 20.3. The van der Waals surface area contributed by atoms with Crippen LogP contribution in [0.1, 0.15) is 60.0 Å². The molecule has 2 aliphatic rings. The van der Waals surface area contributed by atoms with Gasteiger partial charge in [-0.25, -0.2) is 9.31 Å². The van der Waals surface area contributed by atoms with Crippen LogP contribution in [0.4, 0.5) is 10.5 Å². The summed E-state index contributed by atoms with van der Waals surface area (Å²) in [5, 5.41) is 8.06. The number of carbonyl (C=O) groups excluding carboxylic acids is 2. The summed E-state index contributed by atoms with van der Waals surface area (Å²) in [5.74, 6) is 1.09. The number of aromatic nitrogens is 2. The third kappa shape index (κ3) is 4.87. The molecule has 2 saturated heterocycles. The van der Waals surface area contributed by atoms with E-state index in [1.807, 2.05) is 41.1 Å². The largest absolute Gasteiger partial charge is 0.339 e. The zero-order chi connectivity index (χ0) is 24.5. The van der Waals surface area contributed by atoms with E-state index in [0.29, 0.717) is 35.5 Å². The molecule has 0 aliphatic carbocycles. The Kier molecular flexibility index (Phi) is 6.69. The van der Waals surface area contributed by atoms with Crippen LogP contribution in [0.25, 0.3) is 5.52 Å². The van der Waals surface area contributed by atoms with Crippen LogP contribution in [-0.2, 0) is 0 Å². The normalized spacial score (nSPS) is 17.7. The van der Waals surface area contributed by atoms with Crippen LogP contribution in [0.5, 0.6) is 0 Å². The van der Waals surface area contributed by atoms with Crippen LogP contribution in [0, 0.1) is 12.8 Å². The highest BCUT2D eigenvalue weighted by Gasteiger charge is 2.27. The van der Waals surface area contributed by atoms with Crippen molar-refractivity contribution < 1.29 is 9.59 Å². The monoisotopic (exact) mass is 493 g/mol. The number of urea groups is 1. The second-order valence-electron chi connectivity index (χ2n) is 9.93. The van der Waals surface area contributed by atoms with E-state index in [1.54, 1.807) is 10.7 Å². The minimum absolute atomic E-state index is 0.0758. The van der Waals surface area contributed by atoms with E-state index in [-0.39, 0.29) is 11.9 Å². The van der Waals surface area contributed by atoms with Crippen molar-refractivity contribution >= 4 is 34.7 Å². The minimum Gasteiger partial charge on any atom is -0.339 e. The predicted octanol–water partition coefficient (Wildman–Crippen LogP) is 5.58. The van der Waals surface area contributed by atoms with Crippen LogP contribution in [-0.4, -0.2) is 57.5 Å². The molecule has 184 valence electrons. The second-order valence-corrected chi connectivity index (χ2v) is 10.3. The van der Waals surface area contributed by atoms with Gasteiger partial charge in [-0.2, -0.15) is 5.10 Å². The molecule has 0 spiro atoms. The molecular weight excluding hydrogens is 462 g/mol. The van der Waals surface area contributed by atoms with Crippen molar-refractivity contribution in [3.63, 3.8) is 0 Å². The first-order valence-electron chi connectivity index (χ1n) is 12.5. The second kappa shape index (κ2) is 9.90. The van der Waals surface area contributed by atoms with E-state index in [2.05, 4.69) is 29.5 Å². The molecule has 3 aromatic rings. The summed E-state index contributed by atoms with van der Waals surface area (Å²) in [6.07, 6.45) is 7.50. The number of fused-ring (bicyclic) bond motifs is 1.